The van der Waals surface area contributed by atoms with Gasteiger partial charge in [-0.15, -0.1) is 0 Å². The fourth-order valence-electron chi connectivity index (χ4n) is 1.72. The molecule has 0 heterocycles. The van der Waals surface area contributed by atoms with Gasteiger partial charge in [-0.25, -0.2) is 0 Å². The van der Waals surface area contributed by atoms with Crippen LogP contribution in [-0.4, -0.2) is 5.91 Å². The average molecular weight is 309 g/mol. The van der Waals surface area contributed by atoms with Crippen molar-refractivity contribution in [3.63, 3.8) is 0 Å². The van der Waals surface area contributed by atoms with Crippen molar-refractivity contribution in [2.75, 3.05) is 10.6 Å². The third-order valence-corrected chi connectivity index (χ3v) is 3.43. The molecule has 2 N–H and O–H groups in total. The molecule has 0 aromatic heterocycles. The SMILES string of the molecule is CC(=O)Nc1ccc(CNc2ccc(Cl)c(Cl)c2)cc1. The van der Waals surface area contributed by atoms with Crippen molar-refractivity contribution >= 4 is 40.5 Å². The molecule has 0 saturated heterocycles. The maximum absolute atomic E-state index is 10.9. The van der Waals surface area contributed by atoms with E-state index >= 15 is 0 Å². The number of carbonyl (C=O) groups is 1. The lowest BCUT2D eigenvalue weighted by Crippen LogP contribution is -2.06. The molecule has 104 valence electrons. The standard InChI is InChI=1S/C15H14Cl2N2O/c1-10(20)19-12-4-2-11(3-5-12)9-18-13-6-7-14(16)15(17)8-13/h2-8,18H,9H2,1H3,(H,19,20). The van der Waals surface area contributed by atoms with Crippen LogP contribution in [0.2, 0.25) is 10.0 Å². The van der Waals surface area contributed by atoms with Gasteiger partial charge >= 0.3 is 0 Å². The smallest absolute Gasteiger partial charge is 0.221 e. The van der Waals surface area contributed by atoms with Gasteiger partial charge in [-0.2, -0.15) is 0 Å². The van der Waals surface area contributed by atoms with Crippen molar-refractivity contribution in [1.82, 2.24) is 0 Å². The van der Waals surface area contributed by atoms with Crippen LogP contribution < -0.4 is 10.6 Å². The highest BCUT2D eigenvalue weighted by molar-refractivity contribution is 6.42. The Morgan fingerprint density at radius 1 is 1.00 bits per heavy atom. The number of hydrogen-bond donors (Lipinski definition) is 2. The van der Waals surface area contributed by atoms with Crippen LogP contribution in [0.25, 0.3) is 0 Å². The van der Waals surface area contributed by atoms with Crippen LogP contribution in [0.5, 0.6) is 0 Å². The molecule has 2 aromatic carbocycles. The van der Waals surface area contributed by atoms with E-state index in [1.54, 1.807) is 12.1 Å². The lowest BCUT2D eigenvalue weighted by Gasteiger charge is -2.08. The molecule has 20 heavy (non-hydrogen) atoms. The topological polar surface area (TPSA) is 41.1 Å². The zero-order valence-electron chi connectivity index (χ0n) is 10.9. The molecule has 0 aliphatic heterocycles. The van der Waals surface area contributed by atoms with E-state index < -0.39 is 0 Å². The van der Waals surface area contributed by atoms with Gasteiger partial charge in [-0.3, -0.25) is 4.79 Å². The summed E-state index contributed by atoms with van der Waals surface area (Å²) >= 11 is 11.8. The van der Waals surface area contributed by atoms with Crippen LogP contribution in [-0.2, 0) is 11.3 Å². The largest absolute Gasteiger partial charge is 0.381 e. The Morgan fingerprint density at radius 2 is 1.65 bits per heavy atom. The number of anilines is 2. The first kappa shape index (κ1) is 14.7. The van der Waals surface area contributed by atoms with Crippen LogP contribution in [0, 0.1) is 0 Å². The molecule has 1 amide bonds. The summed E-state index contributed by atoms with van der Waals surface area (Å²) in [6.45, 7) is 2.15. The molecule has 3 nitrogen and oxygen atoms in total. The van der Waals surface area contributed by atoms with E-state index in [1.165, 1.54) is 6.92 Å². The van der Waals surface area contributed by atoms with E-state index in [4.69, 9.17) is 23.2 Å². The fourth-order valence-corrected chi connectivity index (χ4v) is 2.02. The van der Waals surface area contributed by atoms with Crippen molar-refractivity contribution in [1.29, 1.82) is 0 Å². The molecule has 0 bridgehead atoms. The summed E-state index contributed by atoms with van der Waals surface area (Å²) in [6, 6.07) is 13.1. The molecule has 0 aliphatic carbocycles. The highest BCUT2D eigenvalue weighted by Gasteiger charge is 2.00. The average Bonchev–Trinajstić information content (AvgIpc) is 2.41. The number of hydrogen-bond acceptors (Lipinski definition) is 2. The highest BCUT2D eigenvalue weighted by atomic mass is 35.5. The van der Waals surface area contributed by atoms with Gasteiger partial charge in [0.15, 0.2) is 0 Å². The predicted molar refractivity (Wildman–Crippen MR) is 84.5 cm³/mol. The Kier molecular flexibility index (Phi) is 4.88. The molecule has 0 spiro atoms. The number of nitrogens with one attached hydrogen (secondary N) is 2. The number of benzene rings is 2. The molecule has 2 aromatic rings. The summed E-state index contributed by atoms with van der Waals surface area (Å²) in [5.41, 5.74) is 2.80. The van der Waals surface area contributed by atoms with Crippen LogP contribution >= 0.6 is 23.2 Å². The second-order valence-corrected chi connectivity index (χ2v) is 5.17. The predicted octanol–water partition coefficient (Wildman–Crippen LogP) is 4.56. The number of halogens is 2. The molecule has 0 saturated carbocycles. The van der Waals surface area contributed by atoms with Crippen molar-refractivity contribution in [2.24, 2.45) is 0 Å². The second-order valence-electron chi connectivity index (χ2n) is 4.36. The summed E-state index contributed by atoms with van der Waals surface area (Å²) in [7, 11) is 0. The second kappa shape index (κ2) is 6.64. The molecule has 0 atom stereocenters. The van der Waals surface area contributed by atoms with Crippen LogP contribution in [0.4, 0.5) is 11.4 Å². The fraction of sp³-hybridized carbons (Fsp3) is 0.133. The summed E-state index contributed by atoms with van der Waals surface area (Å²) < 4.78 is 0. The van der Waals surface area contributed by atoms with Crippen LogP contribution in [0.1, 0.15) is 12.5 Å². The number of rotatable bonds is 4. The van der Waals surface area contributed by atoms with Crippen LogP contribution in [0.15, 0.2) is 42.5 Å². The van der Waals surface area contributed by atoms with E-state index in [1.807, 2.05) is 30.3 Å². The van der Waals surface area contributed by atoms with Crippen molar-refractivity contribution in [2.45, 2.75) is 13.5 Å². The van der Waals surface area contributed by atoms with Crippen molar-refractivity contribution in [3.05, 3.63) is 58.1 Å². The lowest BCUT2D eigenvalue weighted by molar-refractivity contribution is -0.114. The third-order valence-electron chi connectivity index (χ3n) is 2.69. The zero-order valence-corrected chi connectivity index (χ0v) is 12.4. The zero-order chi connectivity index (χ0) is 14.5. The minimum absolute atomic E-state index is 0.0771. The Labute approximate surface area is 127 Å². The van der Waals surface area contributed by atoms with Crippen LogP contribution in [0.3, 0.4) is 0 Å². The van der Waals surface area contributed by atoms with Gasteiger partial charge in [0, 0.05) is 24.8 Å². The maximum atomic E-state index is 10.9. The molecule has 0 unspecified atom stereocenters. The maximum Gasteiger partial charge on any atom is 0.221 e. The molecule has 0 radical (unpaired) electrons. The normalized spacial score (nSPS) is 10.2. The quantitative estimate of drug-likeness (QED) is 0.869. The van der Waals surface area contributed by atoms with Gasteiger partial charge in [-0.05, 0) is 35.9 Å². The minimum Gasteiger partial charge on any atom is -0.381 e. The van der Waals surface area contributed by atoms with Crippen molar-refractivity contribution in [3.8, 4) is 0 Å². The molecular weight excluding hydrogens is 295 g/mol. The molecule has 2 rings (SSSR count). The first-order valence-corrected chi connectivity index (χ1v) is 6.85. The van der Waals surface area contributed by atoms with Gasteiger partial charge in [-0.1, -0.05) is 35.3 Å². The molecule has 0 aliphatic rings. The van der Waals surface area contributed by atoms with E-state index in [2.05, 4.69) is 10.6 Å². The Morgan fingerprint density at radius 3 is 2.25 bits per heavy atom. The summed E-state index contributed by atoms with van der Waals surface area (Å²) in [4.78, 5) is 10.9. The Balaban J connectivity index is 1.96. The molecular formula is C15H14Cl2N2O. The first-order chi connectivity index (χ1) is 9.54. The van der Waals surface area contributed by atoms with E-state index in [9.17, 15) is 4.79 Å². The van der Waals surface area contributed by atoms with E-state index in [0.717, 1.165) is 16.9 Å². The summed E-state index contributed by atoms with van der Waals surface area (Å²) in [5.74, 6) is -0.0771. The molecule has 5 heteroatoms. The van der Waals surface area contributed by atoms with Gasteiger partial charge in [0.1, 0.15) is 0 Å². The van der Waals surface area contributed by atoms with Crippen molar-refractivity contribution < 1.29 is 4.79 Å². The summed E-state index contributed by atoms with van der Waals surface area (Å²) in [5, 5.41) is 7.05. The van der Waals surface area contributed by atoms with Gasteiger partial charge in [0.25, 0.3) is 0 Å². The first-order valence-electron chi connectivity index (χ1n) is 6.10. The van der Waals surface area contributed by atoms with E-state index in [0.29, 0.717) is 16.6 Å². The van der Waals surface area contributed by atoms with Gasteiger partial charge in [0.2, 0.25) is 5.91 Å². The lowest BCUT2D eigenvalue weighted by atomic mass is 10.2. The Bertz CT molecular complexity index is 612. The van der Waals surface area contributed by atoms with E-state index in [-0.39, 0.29) is 5.91 Å². The third kappa shape index (κ3) is 4.15. The highest BCUT2D eigenvalue weighted by Crippen LogP contribution is 2.25. The molecule has 0 fully saturated rings. The number of amides is 1. The minimum atomic E-state index is -0.0771. The van der Waals surface area contributed by atoms with Gasteiger partial charge < -0.3 is 10.6 Å². The summed E-state index contributed by atoms with van der Waals surface area (Å²) in [6.07, 6.45) is 0. The monoisotopic (exact) mass is 308 g/mol. The van der Waals surface area contributed by atoms with Gasteiger partial charge in [0.05, 0.1) is 10.0 Å². The Hall–Kier alpha value is -1.71. The number of carbonyl (C=O) groups excluding carboxylic acids is 1.